The quantitative estimate of drug-likeness (QED) is 0.842. The summed E-state index contributed by atoms with van der Waals surface area (Å²) in [5.41, 5.74) is 0.625. The number of carbonyl (C=O) groups excluding carboxylic acids is 1. The van der Waals surface area contributed by atoms with Crippen molar-refractivity contribution in [2.45, 2.75) is 4.90 Å². The Morgan fingerprint density at radius 1 is 1.44 bits per heavy atom. The molecule has 0 bridgehead atoms. The highest BCUT2D eigenvalue weighted by Gasteiger charge is 2.09. The number of halogens is 1. The number of rotatable bonds is 3. The molecule has 3 nitrogen and oxygen atoms in total. The molecule has 0 spiro atoms. The van der Waals surface area contributed by atoms with Gasteiger partial charge in [0, 0.05) is 16.0 Å². The summed E-state index contributed by atoms with van der Waals surface area (Å²) in [6.45, 7) is 0. The van der Waals surface area contributed by atoms with Crippen LogP contribution >= 0.6 is 35.6 Å². The van der Waals surface area contributed by atoms with Crippen LogP contribution in [0.1, 0.15) is 9.67 Å². The number of carbonyl (C=O) groups is 1. The van der Waals surface area contributed by atoms with Crippen LogP contribution in [0.2, 0.25) is 5.02 Å². The molecule has 0 saturated heterocycles. The Kier molecular flexibility index (Phi) is 4.16. The molecule has 1 aromatic heterocycles. The van der Waals surface area contributed by atoms with Gasteiger partial charge in [-0.3, -0.25) is 4.79 Å². The molecule has 0 fully saturated rings. The molecule has 2 aromatic rings. The molecular weight excluding hydrogens is 290 g/mol. The first kappa shape index (κ1) is 13.3. The van der Waals surface area contributed by atoms with Crippen LogP contribution in [0.15, 0.2) is 34.5 Å². The molecule has 0 aliphatic heterocycles. The number of amides is 1. The summed E-state index contributed by atoms with van der Waals surface area (Å²) in [5.74, 6) is 0.393. The summed E-state index contributed by atoms with van der Waals surface area (Å²) >= 11 is 11.5. The van der Waals surface area contributed by atoms with Gasteiger partial charge in [0.05, 0.1) is 17.0 Å². The third-order valence-electron chi connectivity index (χ3n) is 2.22. The molecule has 1 aromatic carbocycles. The second-order valence-electron chi connectivity index (χ2n) is 3.47. The van der Waals surface area contributed by atoms with E-state index in [0.29, 0.717) is 21.3 Å². The number of ether oxygens (including phenoxy) is 1. The van der Waals surface area contributed by atoms with Crippen molar-refractivity contribution in [2.75, 3.05) is 12.4 Å². The van der Waals surface area contributed by atoms with Gasteiger partial charge in [-0.05, 0) is 24.3 Å². The first-order valence-corrected chi connectivity index (χ1v) is 6.73. The monoisotopic (exact) mass is 299 g/mol. The number of thiophene rings is 1. The Balaban J connectivity index is 2.14. The van der Waals surface area contributed by atoms with Gasteiger partial charge in [0.1, 0.15) is 5.75 Å². The minimum Gasteiger partial charge on any atom is -0.495 e. The van der Waals surface area contributed by atoms with E-state index >= 15 is 0 Å². The maximum atomic E-state index is 11.9. The number of benzene rings is 1. The lowest BCUT2D eigenvalue weighted by Gasteiger charge is -2.07. The van der Waals surface area contributed by atoms with E-state index in [0.717, 1.165) is 4.90 Å². The van der Waals surface area contributed by atoms with E-state index in [9.17, 15) is 4.79 Å². The molecule has 0 aliphatic carbocycles. The van der Waals surface area contributed by atoms with Gasteiger partial charge in [-0.15, -0.1) is 24.0 Å². The molecule has 1 heterocycles. The molecule has 0 unspecified atom stereocenters. The number of thiol groups is 1. The Bertz CT molecular complexity index is 583. The second kappa shape index (κ2) is 5.65. The minimum absolute atomic E-state index is 0.179. The standard InChI is InChI=1S/C12H10ClNO2S2/c1-16-10-3-2-7(4-9(10)13)14-12(15)11-5-8(17)6-18-11/h2-6,17H,1H3,(H,14,15). The van der Waals surface area contributed by atoms with Crippen molar-refractivity contribution in [2.24, 2.45) is 0 Å². The Labute approximate surface area is 119 Å². The molecule has 0 aliphatic rings. The van der Waals surface area contributed by atoms with Crippen LogP contribution < -0.4 is 10.1 Å². The smallest absolute Gasteiger partial charge is 0.265 e. The van der Waals surface area contributed by atoms with Crippen LogP contribution in [0.4, 0.5) is 5.69 Å². The zero-order valence-corrected chi connectivity index (χ0v) is 11.9. The molecule has 0 radical (unpaired) electrons. The zero-order chi connectivity index (χ0) is 13.1. The summed E-state index contributed by atoms with van der Waals surface area (Å²) < 4.78 is 5.04. The first-order chi connectivity index (χ1) is 8.60. The summed E-state index contributed by atoms with van der Waals surface area (Å²) in [5, 5.41) is 5.02. The predicted octanol–water partition coefficient (Wildman–Crippen LogP) is 3.95. The van der Waals surface area contributed by atoms with Crippen molar-refractivity contribution in [3.05, 3.63) is 39.5 Å². The summed E-state index contributed by atoms with van der Waals surface area (Å²) in [6.07, 6.45) is 0. The van der Waals surface area contributed by atoms with Crippen molar-refractivity contribution in [1.29, 1.82) is 0 Å². The van der Waals surface area contributed by atoms with E-state index in [2.05, 4.69) is 17.9 Å². The zero-order valence-electron chi connectivity index (χ0n) is 9.44. The predicted molar refractivity (Wildman–Crippen MR) is 77.5 cm³/mol. The van der Waals surface area contributed by atoms with E-state index < -0.39 is 0 Å². The number of methoxy groups -OCH3 is 1. The fourth-order valence-electron chi connectivity index (χ4n) is 1.38. The Morgan fingerprint density at radius 3 is 2.78 bits per heavy atom. The third kappa shape index (κ3) is 2.98. The van der Waals surface area contributed by atoms with Crippen molar-refractivity contribution in [1.82, 2.24) is 0 Å². The Morgan fingerprint density at radius 2 is 2.22 bits per heavy atom. The van der Waals surface area contributed by atoms with Crippen LogP contribution in [-0.2, 0) is 0 Å². The first-order valence-electron chi connectivity index (χ1n) is 5.02. The number of hydrogen-bond donors (Lipinski definition) is 2. The fourth-order valence-corrected chi connectivity index (χ4v) is 2.68. The van der Waals surface area contributed by atoms with E-state index in [1.54, 1.807) is 36.8 Å². The van der Waals surface area contributed by atoms with Gasteiger partial charge < -0.3 is 10.1 Å². The largest absolute Gasteiger partial charge is 0.495 e. The normalized spacial score (nSPS) is 10.2. The number of nitrogens with one attached hydrogen (secondary N) is 1. The van der Waals surface area contributed by atoms with Gasteiger partial charge in [0.15, 0.2) is 0 Å². The molecule has 0 saturated carbocycles. The molecule has 1 amide bonds. The highest BCUT2D eigenvalue weighted by molar-refractivity contribution is 7.80. The van der Waals surface area contributed by atoms with Crippen molar-refractivity contribution < 1.29 is 9.53 Å². The summed E-state index contributed by atoms with van der Waals surface area (Å²) in [7, 11) is 1.54. The van der Waals surface area contributed by atoms with Gasteiger partial charge >= 0.3 is 0 Å². The van der Waals surface area contributed by atoms with E-state index in [1.807, 2.05) is 0 Å². The van der Waals surface area contributed by atoms with Crippen molar-refractivity contribution in [3.63, 3.8) is 0 Å². The lowest BCUT2D eigenvalue weighted by Crippen LogP contribution is -2.09. The Hall–Kier alpha value is -1.17. The minimum atomic E-state index is -0.179. The molecule has 2 rings (SSSR count). The molecule has 1 N–H and O–H groups in total. The van der Waals surface area contributed by atoms with Crippen LogP contribution in [0, 0.1) is 0 Å². The van der Waals surface area contributed by atoms with Gasteiger partial charge in [-0.25, -0.2) is 0 Å². The molecule has 18 heavy (non-hydrogen) atoms. The second-order valence-corrected chi connectivity index (χ2v) is 5.31. The van der Waals surface area contributed by atoms with Gasteiger partial charge in [0.2, 0.25) is 0 Å². The van der Waals surface area contributed by atoms with E-state index in [4.69, 9.17) is 16.3 Å². The van der Waals surface area contributed by atoms with Crippen LogP contribution in [0.25, 0.3) is 0 Å². The molecule has 94 valence electrons. The van der Waals surface area contributed by atoms with Gasteiger partial charge in [-0.1, -0.05) is 11.6 Å². The van der Waals surface area contributed by atoms with Crippen LogP contribution in [-0.4, -0.2) is 13.0 Å². The summed E-state index contributed by atoms with van der Waals surface area (Å²) in [4.78, 5) is 13.3. The summed E-state index contributed by atoms with van der Waals surface area (Å²) in [6, 6.07) is 6.80. The van der Waals surface area contributed by atoms with E-state index in [1.165, 1.54) is 11.3 Å². The van der Waals surface area contributed by atoms with E-state index in [-0.39, 0.29) is 5.91 Å². The topological polar surface area (TPSA) is 38.3 Å². The lowest BCUT2D eigenvalue weighted by molar-refractivity contribution is 0.103. The highest BCUT2D eigenvalue weighted by Crippen LogP contribution is 2.27. The average molecular weight is 300 g/mol. The highest BCUT2D eigenvalue weighted by atomic mass is 35.5. The van der Waals surface area contributed by atoms with Gasteiger partial charge in [-0.2, -0.15) is 0 Å². The van der Waals surface area contributed by atoms with Gasteiger partial charge in [0.25, 0.3) is 5.91 Å². The maximum Gasteiger partial charge on any atom is 0.265 e. The maximum absolute atomic E-state index is 11.9. The number of hydrogen-bond acceptors (Lipinski definition) is 4. The van der Waals surface area contributed by atoms with Crippen LogP contribution in [0.3, 0.4) is 0 Å². The third-order valence-corrected chi connectivity index (χ3v) is 3.88. The van der Waals surface area contributed by atoms with Crippen LogP contribution in [0.5, 0.6) is 5.75 Å². The number of anilines is 1. The molecule has 0 atom stereocenters. The average Bonchev–Trinajstić information content (AvgIpc) is 2.76. The molecular formula is C12H10ClNO2S2. The lowest BCUT2D eigenvalue weighted by atomic mass is 10.3. The van der Waals surface area contributed by atoms with Crippen molar-refractivity contribution >= 4 is 47.2 Å². The fraction of sp³-hybridized carbons (Fsp3) is 0.0833. The SMILES string of the molecule is COc1ccc(NC(=O)c2cc(S)cs2)cc1Cl. The molecule has 6 heteroatoms. The van der Waals surface area contributed by atoms with Crippen molar-refractivity contribution in [3.8, 4) is 5.75 Å².